The first-order chi connectivity index (χ1) is 9.22. The molecule has 0 radical (unpaired) electrons. The Morgan fingerprint density at radius 3 is 2.45 bits per heavy atom. The van der Waals surface area contributed by atoms with Crippen LogP contribution in [0.15, 0.2) is 0 Å². The van der Waals surface area contributed by atoms with Gasteiger partial charge in [-0.15, -0.1) is 0 Å². The molecule has 0 aromatic rings. The fourth-order valence-electron chi connectivity index (χ4n) is 2.75. The molecule has 20 heavy (non-hydrogen) atoms. The number of carboxylic acid groups (broad SMARTS) is 1. The van der Waals surface area contributed by atoms with E-state index in [1.807, 2.05) is 25.7 Å². The minimum Gasteiger partial charge on any atom is -0.480 e. The predicted octanol–water partition coefficient (Wildman–Crippen LogP) is 1.72. The Kier molecular flexibility index (Phi) is 5.99. The second-order valence-electron chi connectivity index (χ2n) is 6.90. The molecule has 5 heteroatoms. The van der Waals surface area contributed by atoms with Crippen LogP contribution in [0.25, 0.3) is 0 Å². The van der Waals surface area contributed by atoms with Crippen molar-refractivity contribution < 1.29 is 14.7 Å². The number of carbonyl (C=O) groups excluding carboxylic acids is 1. The molecule has 0 spiro atoms. The summed E-state index contributed by atoms with van der Waals surface area (Å²) in [6.45, 7) is 9.33. The van der Waals surface area contributed by atoms with E-state index < -0.39 is 11.4 Å². The van der Waals surface area contributed by atoms with Gasteiger partial charge in [-0.1, -0.05) is 34.1 Å². The van der Waals surface area contributed by atoms with Crippen LogP contribution in [0.4, 0.5) is 0 Å². The van der Waals surface area contributed by atoms with Gasteiger partial charge in [0.25, 0.3) is 0 Å². The molecular formula is C15H28N2O3. The molecule has 0 aromatic heterocycles. The zero-order valence-corrected chi connectivity index (χ0v) is 13.1. The Morgan fingerprint density at radius 2 is 1.95 bits per heavy atom. The third-order valence-electron chi connectivity index (χ3n) is 3.69. The number of rotatable bonds is 5. The molecule has 2 unspecified atom stereocenters. The largest absolute Gasteiger partial charge is 0.480 e. The molecule has 2 atom stereocenters. The van der Waals surface area contributed by atoms with Crippen LogP contribution in [0.1, 0.15) is 47.0 Å². The molecule has 0 bridgehead atoms. The van der Waals surface area contributed by atoms with Crippen LogP contribution in [0, 0.1) is 11.3 Å². The van der Waals surface area contributed by atoms with Gasteiger partial charge in [0.1, 0.15) is 0 Å². The number of hydrogen-bond acceptors (Lipinski definition) is 3. The number of nitrogens with zero attached hydrogens (tertiary/aromatic N) is 1. The predicted molar refractivity (Wildman–Crippen MR) is 78.5 cm³/mol. The first kappa shape index (κ1) is 17.0. The summed E-state index contributed by atoms with van der Waals surface area (Å²) >= 11 is 0. The van der Waals surface area contributed by atoms with E-state index in [0.717, 1.165) is 25.8 Å². The number of carbonyl (C=O) groups is 2. The molecule has 1 aliphatic heterocycles. The molecule has 1 rings (SSSR count). The topological polar surface area (TPSA) is 69.6 Å². The third-order valence-corrected chi connectivity index (χ3v) is 3.69. The van der Waals surface area contributed by atoms with Gasteiger partial charge in [0.15, 0.2) is 0 Å². The SMILES string of the molecule is CCCC1CC(NC(=O)C(C)(C)C)CN(CC(=O)O)C1. The lowest BCUT2D eigenvalue weighted by Crippen LogP contribution is -2.53. The standard InChI is InChI=1S/C15H28N2O3/c1-5-6-11-7-12(16-14(20)15(2,3)4)9-17(8-11)10-13(18)19/h11-12H,5-10H2,1-4H3,(H,16,20)(H,18,19). The number of likely N-dealkylation sites (tertiary alicyclic amines) is 1. The highest BCUT2D eigenvalue weighted by molar-refractivity contribution is 5.81. The molecule has 1 heterocycles. The summed E-state index contributed by atoms with van der Waals surface area (Å²) in [7, 11) is 0. The van der Waals surface area contributed by atoms with Crippen LogP contribution >= 0.6 is 0 Å². The zero-order valence-electron chi connectivity index (χ0n) is 13.1. The van der Waals surface area contributed by atoms with Crippen molar-refractivity contribution in [3.05, 3.63) is 0 Å². The lowest BCUT2D eigenvalue weighted by Gasteiger charge is -2.38. The summed E-state index contributed by atoms with van der Waals surface area (Å²) < 4.78 is 0. The van der Waals surface area contributed by atoms with Gasteiger partial charge >= 0.3 is 5.97 Å². The van der Waals surface area contributed by atoms with Crippen molar-refractivity contribution in [1.29, 1.82) is 0 Å². The van der Waals surface area contributed by atoms with Gasteiger partial charge in [-0.05, 0) is 18.8 Å². The molecule has 116 valence electrons. The molecule has 5 nitrogen and oxygen atoms in total. The van der Waals surface area contributed by atoms with Crippen molar-refractivity contribution in [1.82, 2.24) is 10.2 Å². The lowest BCUT2D eigenvalue weighted by atomic mass is 9.89. The van der Waals surface area contributed by atoms with E-state index in [1.54, 1.807) is 0 Å². The molecule has 0 aliphatic carbocycles. The summed E-state index contributed by atoms with van der Waals surface area (Å²) in [4.78, 5) is 24.9. The Bertz CT molecular complexity index is 350. The second kappa shape index (κ2) is 7.07. The highest BCUT2D eigenvalue weighted by atomic mass is 16.4. The van der Waals surface area contributed by atoms with Crippen molar-refractivity contribution in [3.63, 3.8) is 0 Å². The maximum absolute atomic E-state index is 12.1. The second-order valence-corrected chi connectivity index (χ2v) is 6.90. The fraction of sp³-hybridized carbons (Fsp3) is 0.867. The third kappa shape index (κ3) is 5.49. The number of hydrogen-bond donors (Lipinski definition) is 2. The first-order valence-electron chi connectivity index (χ1n) is 7.47. The van der Waals surface area contributed by atoms with Crippen LogP contribution < -0.4 is 5.32 Å². The van der Waals surface area contributed by atoms with Crippen LogP contribution in [-0.4, -0.2) is 47.6 Å². The average Bonchev–Trinajstić information content (AvgIpc) is 2.26. The van der Waals surface area contributed by atoms with Crippen LogP contribution in [0.5, 0.6) is 0 Å². The Labute approximate surface area is 121 Å². The summed E-state index contributed by atoms with van der Waals surface area (Å²) in [5.41, 5.74) is -0.407. The van der Waals surface area contributed by atoms with E-state index in [9.17, 15) is 9.59 Å². The van der Waals surface area contributed by atoms with Crippen LogP contribution in [0.3, 0.4) is 0 Å². The van der Waals surface area contributed by atoms with E-state index in [1.165, 1.54) is 0 Å². The van der Waals surface area contributed by atoms with Crippen molar-refractivity contribution in [3.8, 4) is 0 Å². The summed E-state index contributed by atoms with van der Waals surface area (Å²) in [5, 5.41) is 12.0. The van der Waals surface area contributed by atoms with E-state index >= 15 is 0 Å². The molecular weight excluding hydrogens is 256 g/mol. The molecule has 1 fully saturated rings. The van der Waals surface area contributed by atoms with Crippen LogP contribution in [0.2, 0.25) is 0 Å². The Morgan fingerprint density at radius 1 is 1.30 bits per heavy atom. The maximum atomic E-state index is 12.1. The summed E-state index contributed by atoms with van der Waals surface area (Å²) in [6.07, 6.45) is 3.12. The number of amides is 1. The minimum atomic E-state index is -0.803. The molecule has 0 saturated carbocycles. The normalized spacial score (nSPS) is 24.4. The average molecular weight is 284 g/mol. The van der Waals surface area contributed by atoms with Crippen molar-refractivity contribution >= 4 is 11.9 Å². The number of nitrogens with one attached hydrogen (secondary N) is 1. The minimum absolute atomic E-state index is 0.0370. The van der Waals surface area contributed by atoms with Gasteiger partial charge < -0.3 is 10.4 Å². The Balaban J connectivity index is 2.64. The van der Waals surface area contributed by atoms with Crippen molar-refractivity contribution in [2.75, 3.05) is 19.6 Å². The maximum Gasteiger partial charge on any atom is 0.317 e. The highest BCUT2D eigenvalue weighted by Crippen LogP contribution is 2.22. The number of aliphatic carboxylic acids is 1. The molecule has 0 aromatic carbocycles. The monoisotopic (exact) mass is 284 g/mol. The van der Waals surface area contributed by atoms with Gasteiger partial charge in [-0.25, -0.2) is 0 Å². The smallest absolute Gasteiger partial charge is 0.317 e. The van der Waals surface area contributed by atoms with Crippen molar-refractivity contribution in [2.24, 2.45) is 11.3 Å². The highest BCUT2D eigenvalue weighted by Gasteiger charge is 2.31. The van der Waals surface area contributed by atoms with Crippen molar-refractivity contribution in [2.45, 2.75) is 53.0 Å². The van der Waals surface area contributed by atoms with E-state index in [2.05, 4.69) is 12.2 Å². The Hall–Kier alpha value is -1.10. The van der Waals surface area contributed by atoms with Gasteiger partial charge in [-0.2, -0.15) is 0 Å². The number of piperidine rings is 1. The quantitative estimate of drug-likeness (QED) is 0.806. The van der Waals surface area contributed by atoms with E-state index in [4.69, 9.17) is 5.11 Å². The molecule has 1 amide bonds. The zero-order chi connectivity index (χ0) is 15.3. The van der Waals surface area contributed by atoms with Gasteiger partial charge in [0.2, 0.25) is 5.91 Å². The summed E-state index contributed by atoms with van der Waals surface area (Å²) in [6, 6.07) is 0.0615. The first-order valence-corrected chi connectivity index (χ1v) is 7.47. The van der Waals surface area contributed by atoms with Crippen LogP contribution in [-0.2, 0) is 9.59 Å². The fourth-order valence-corrected chi connectivity index (χ4v) is 2.75. The summed E-state index contributed by atoms with van der Waals surface area (Å²) in [5.74, 6) is -0.295. The van der Waals surface area contributed by atoms with Gasteiger partial charge in [0, 0.05) is 24.5 Å². The molecule has 1 aliphatic rings. The molecule has 2 N–H and O–H groups in total. The lowest BCUT2D eigenvalue weighted by molar-refractivity contribution is -0.139. The van der Waals surface area contributed by atoms with Gasteiger partial charge in [0.05, 0.1) is 6.54 Å². The molecule has 1 saturated heterocycles. The number of carboxylic acids is 1. The van der Waals surface area contributed by atoms with E-state index in [-0.39, 0.29) is 18.5 Å². The van der Waals surface area contributed by atoms with Gasteiger partial charge in [-0.3, -0.25) is 14.5 Å². The van der Waals surface area contributed by atoms with E-state index in [0.29, 0.717) is 12.5 Å².